The van der Waals surface area contributed by atoms with Gasteiger partial charge in [0.2, 0.25) is 0 Å². The summed E-state index contributed by atoms with van der Waals surface area (Å²) in [5, 5.41) is 3.06. The van der Waals surface area contributed by atoms with Crippen LogP contribution in [0, 0.1) is 0 Å². The zero-order chi connectivity index (χ0) is 11.7. The predicted octanol–water partition coefficient (Wildman–Crippen LogP) is 2.06. The standard InChI is InChI=1S/C11H23NO2S/c1-5-14-10(13)11(3,12-4)8-7-9-15-6-2/h12H,5-9H2,1-4H3. The lowest BCUT2D eigenvalue weighted by molar-refractivity contribution is -0.150. The fraction of sp³-hybridized carbons (Fsp3) is 0.909. The van der Waals surface area contributed by atoms with Gasteiger partial charge in [0.25, 0.3) is 0 Å². The Labute approximate surface area is 97.3 Å². The third-order valence-electron chi connectivity index (χ3n) is 2.45. The molecule has 90 valence electrons. The van der Waals surface area contributed by atoms with Crippen molar-refractivity contribution in [3.63, 3.8) is 0 Å². The average Bonchev–Trinajstić information content (AvgIpc) is 2.24. The summed E-state index contributed by atoms with van der Waals surface area (Å²) in [5.41, 5.74) is -0.524. The van der Waals surface area contributed by atoms with Crippen LogP contribution in [0.3, 0.4) is 0 Å². The van der Waals surface area contributed by atoms with Gasteiger partial charge in [0.05, 0.1) is 6.61 Å². The maximum absolute atomic E-state index is 11.7. The van der Waals surface area contributed by atoms with Gasteiger partial charge in [0, 0.05) is 0 Å². The van der Waals surface area contributed by atoms with Crippen LogP contribution in [0.1, 0.15) is 33.6 Å². The second-order valence-electron chi connectivity index (χ2n) is 3.60. The molecule has 0 rings (SSSR count). The molecule has 0 bridgehead atoms. The van der Waals surface area contributed by atoms with E-state index >= 15 is 0 Å². The number of esters is 1. The summed E-state index contributed by atoms with van der Waals surface area (Å²) in [6, 6.07) is 0. The van der Waals surface area contributed by atoms with Crippen molar-refractivity contribution in [2.24, 2.45) is 0 Å². The number of thioether (sulfide) groups is 1. The molecule has 3 nitrogen and oxygen atoms in total. The van der Waals surface area contributed by atoms with E-state index in [0.29, 0.717) is 6.61 Å². The Morgan fingerprint density at radius 2 is 2.13 bits per heavy atom. The van der Waals surface area contributed by atoms with E-state index in [1.165, 1.54) is 0 Å². The molecule has 0 aromatic heterocycles. The summed E-state index contributed by atoms with van der Waals surface area (Å²) in [6.07, 6.45) is 1.87. The van der Waals surface area contributed by atoms with Crippen LogP contribution in [0.4, 0.5) is 0 Å². The van der Waals surface area contributed by atoms with Crippen molar-refractivity contribution in [3.8, 4) is 0 Å². The molecule has 0 aliphatic carbocycles. The highest BCUT2D eigenvalue weighted by molar-refractivity contribution is 7.99. The van der Waals surface area contributed by atoms with Crippen molar-refractivity contribution in [1.82, 2.24) is 5.32 Å². The van der Waals surface area contributed by atoms with Crippen LogP contribution in [0.2, 0.25) is 0 Å². The van der Waals surface area contributed by atoms with E-state index in [1.807, 2.05) is 32.7 Å². The van der Waals surface area contributed by atoms with Crippen LogP contribution in [0.15, 0.2) is 0 Å². The van der Waals surface area contributed by atoms with E-state index in [0.717, 1.165) is 24.3 Å². The summed E-state index contributed by atoms with van der Waals surface area (Å²) in [5.74, 6) is 2.09. The molecule has 0 saturated carbocycles. The van der Waals surface area contributed by atoms with Crippen LogP contribution in [-0.2, 0) is 9.53 Å². The smallest absolute Gasteiger partial charge is 0.326 e. The Hall–Kier alpha value is -0.220. The highest BCUT2D eigenvalue weighted by Gasteiger charge is 2.31. The van der Waals surface area contributed by atoms with Crippen LogP contribution < -0.4 is 5.32 Å². The van der Waals surface area contributed by atoms with Crippen molar-refractivity contribution < 1.29 is 9.53 Å². The maximum Gasteiger partial charge on any atom is 0.326 e. The van der Waals surface area contributed by atoms with Gasteiger partial charge in [-0.05, 0) is 45.2 Å². The minimum absolute atomic E-state index is 0.144. The normalized spacial score (nSPS) is 14.7. The van der Waals surface area contributed by atoms with Gasteiger partial charge in [-0.2, -0.15) is 11.8 Å². The molecule has 0 saturated heterocycles. The molecule has 1 unspecified atom stereocenters. The second kappa shape index (κ2) is 7.99. The van der Waals surface area contributed by atoms with Gasteiger partial charge in [-0.15, -0.1) is 0 Å². The molecule has 0 heterocycles. The number of rotatable bonds is 8. The maximum atomic E-state index is 11.7. The lowest BCUT2D eigenvalue weighted by Gasteiger charge is -2.26. The molecule has 0 aromatic rings. The number of carbonyl (C=O) groups excluding carboxylic acids is 1. The number of hydrogen-bond donors (Lipinski definition) is 1. The highest BCUT2D eigenvalue weighted by atomic mass is 32.2. The molecule has 15 heavy (non-hydrogen) atoms. The molecule has 0 aliphatic heterocycles. The van der Waals surface area contributed by atoms with Gasteiger partial charge in [-0.25, -0.2) is 0 Å². The fourth-order valence-corrected chi connectivity index (χ4v) is 1.93. The quantitative estimate of drug-likeness (QED) is 0.514. The number of carbonyl (C=O) groups is 1. The zero-order valence-corrected chi connectivity index (χ0v) is 11.1. The Kier molecular flexibility index (Phi) is 7.88. The lowest BCUT2D eigenvalue weighted by atomic mass is 9.97. The Morgan fingerprint density at radius 1 is 1.47 bits per heavy atom. The monoisotopic (exact) mass is 233 g/mol. The minimum atomic E-state index is -0.524. The van der Waals surface area contributed by atoms with E-state index in [-0.39, 0.29) is 5.97 Å². The van der Waals surface area contributed by atoms with Crippen molar-refractivity contribution >= 4 is 17.7 Å². The van der Waals surface area contributed by atoms with Gasteiger partial charge in [-0.1, -0.05) is 6.92 Å². The number of nitrogens with one attached hydrogen (secondary N) is 1. The van der Waals surface area contributed by atoms with Crippen molar-refractivity contribution in [1.29, 1.82) is 0 Å². The van der Waals surface area contributed by atoms with Gasteiger partial charge in [0.15, 0.2) is 0 Å². The number of likely N-dealkylation sites (N-methyl/N-ethyl adjacent to an activating group) is 1. The lowest BCUT2D eigenvalue weighted by Crippen LogP contribution is -2.48. The third kappa shape index (κ3) is 5.42. The van der Waals surface area contributed by atoms with Gasteiger partial charge in [-0.3, -0.25) is 4.79 Å². The predicted molar refractivity (Wildman–Crippen MR) is 66.3 cm³/mol. The van der Waals surface area contributed by atoms with Crippen LogP contribution in [-0.4, -0.2) is 36.7 Å². The molecule has 4 heteroatoms. The Balaban J connectivity index is 4.00. The zero-order valence-electron chi connectivity index (χ0n) is 10.3. The molecule has 0 aliphatic rings. The van der Waals surface area contributed by atoms with Crippen molar-refractivity contribution in [2.75, 3.05) is 25.2 Å². The third-order valence-corrected chi connectivity index (χ3v) is 3.43. The first-order valence-electron chi connectivity index (χ1n) is 5.54. The van der Waals surface area contributed by atoms with Crippen molar-refractivity contribution in [3.05, 3.63) is 0 Å². The van der Waals surface area contributed by atoms with E-state index < -0.39 is 5.54 Å². The molecule has 0 fully saturated rings. The van der Waals surface area contributed by atoms with E-state index in [2.05, 4.69) is 12.2 Å². The minimum Gasteiger partial charge on any atom is -0.465 e. The summed E-state index contributed by atoms with van der Waals surface area (Å²) in [7, 11) is 1.81. The molecule has 0 spiro atoms. The summed E-state index contributed by atoms with van der Waals surface area (Å²) in [4.78, 5) is 11.7. The van der Waals surface area contributed by atoms with Gasteiger partial charge < -0.3 is 10.1 Å². The first-order chi connectivity index (χ1) is 7.10. The van der Waals surface area contributed by atoms with Crippen LogP contribution in [0.25, 0.3) is 0 Å². The number of hydrogen-bond acceptors (Lipinski definition) is 4. The molecule has 1 N–H and O–H groups in total. The molecular weight excluding hydrogens is 210 g/mol. The Morgan fingerprint density at radius 3 is 2.60 bits per heavy atom. The molecule has 0 radical (unpaired) electrons. The largest absolute Gasteiger partial charge is 0.465 e. The second-order valence-corrected chi connectivity index (χ2v) is 5.00. The first kappa shape index (κ1) is 14.8. The molecule has 0 amide bonds. The van der Waals surface area contributed by atoms with Gasteiger partial charge >= 0.3 is 5.97 Å². The summed E-state index contributed by atoms with van der Waals surface area (Å²) < 4.78 is 5.05. The molecular formula is C11H23NO2S. The number of ether oxygens (including phenoxy) is 1. The topological polar surface area (TPSA) is 38.3 Å². The summed E-state index contributed by atoms with van der Waals surface area (Å²) in [6.45, 7) is 6.33. The summed E-state index contributed by atoms with van der Waals surface area (Å²) >= 11 is 1.90. The average molecular weight is 233 g/mol. The molecule has 1 atom stereocenters. The van der Waals surface area contributed by atoms with E-state index in [9.17, 15) is 4.79 Å². The van der Waals surface area contributed by atoms with Crippen LogP contribution >= 0.6 is 11.8 Å². The fourth-order valence-electron chi connectivity index (χ4n) is 1.29. The van der Waals surface area contributed by atoms with Crippen LogP contribution in [0.5, 0.6) is 0 Å². The Bertz CT molecular complexity index is 187. The first-order valence-corrected chi connectivity index (χ1v) is 6.70. The highest BCUT2D eigenvalue weighted by Crippen LogP contribution is 2.16. The SMILES string of the molecule is CCOC(=O)C(C)(CCCSCC)NC. The van der Waals surface area contributed by atoms with Gasteiger partial charge in [0.1, 0.15) is 5.54 Å². The molecule has 0 aromatic carbocycles. The van der Waals surface area contributed by atoms with E-state index in [1.54, 1.807) is 0 Å². The van der Waals surface area contributed by atoms with E-state index in [4.69, 9.17) is 4.74 Å². The van der Waals surface area contributed by atoms with Crippen molar-refractivity contribution in [2.45, 2.75) is 39.2 Å².